The van der Waals surface area contributed by atoms with E-state index in [1.54, 1.807) is 4.90 Å². The van der Waals surface area contributed by atoms with Crippen molar-refractivity contribution >= 4 is 17.6 Å². The molecule has 4 heteroatoms. The third kappa shape index (κ3) is 2.97. The Hall–Kier alpha value is -2.62. The van der Waals surface area contributed by atoms with Crippen molar-refractivity contribution in [1.29, 1.82) is 0 Å². The van der Waals surface area contributed by atoms with Crippen molar-refractivity contribution in [3.63, 3.8) is 0 Å². The van der Waals surface area contributed by atoms with Gasteiger partial charge in [-0.2, -0.15) is 0 Å². The van der Waals surface area contributed by atoms with Gasteiger partial charge < -0.3 is 10.0 Å². The van der Waals surface area contributed by atoms with E-state index in [4.69, 9.17) is 5.11 Å². The van der Waals surface area contributed by atoms with Gasteiger partial charge in [-0.05, 0) is 36.6 Å². The number of aryl methyl sites for hydroxylation is 1. The van der Waals surface area contributed by atoms with Crippen LogP contribution in [0.3, 0.4) is 0 Å². The largest absolute Gasteiger partial charge is 0.481 e. The average Bonchev–Trinajstić information content (AvgIpc) is 2.93. The predicted molar refractivity (Wildman–Crippen MR) is 88.9 cm³/mol. The maximum atomic E-state index is 12.9. The lowest BCUT2D eigenvalue weighted by atomic mass is 9.95. The number of benzene rings is 2. The van der Waals surface area contributed by atoms with Gasteiger partial charge in [0.1, 0.15) is 0 Å². The summed E-state index contributed by atoms with van der Waals surface area (Å²) in [4.78, 5) is 25.5. The fourth-order valence-corrected chi connectivity index (χ4v) is 3.26. The third-order valence-corrected chi connectivity index (χ3v) is 4.35. The minimum Gasteiger partial charge on any atom is -0.481 e. The van der Waals surface area contributed by atoms with E-state index in [2.05, 4.69) is 0 Å². The molecule has 0 spiro atoms. The summed E-state index contributed by atoms with van der Waals surface area (Å²) in [5.41, 5.74) is 3.72. The molecule has 118 valence electrons. The first-order valence-corrected chi connectivity index (χ1v) is 7.76. The van der Waals surface area contributed by atoms with Crippen LogP contribution >= 0.6 is 0 Å². The van der Waals surface area contributed by atoms with Crippen LogP contribution < -0.4 is 4.90 Å². The Morgan fingerprint density at radius 2 is 1.87 bits per heavy atom. The van der Waals surface area contributed by atoms with Crippen LogP contribution in [0.1, 0.15) is 40.2 Å². The predicted octanol–water partition coefficient (Wildman–Crippen LogP) is 3.60. The molecule has 1 N–H and O–H groups in total. The molecule has 3 rings (SSSR count). The van der Waals surface area contributed by atoms with Gasteiger partial charge in [0.15, 0.2) is 0 Å². The fraction of sp³-hybridized carbons (Fsp3) is 0.263. The molecule has 1 unspecified atom stereocenters. The molecule has 1 aliphatic rings. The van der Waals surface area contributed by atoms with Gasteiger partial charge in [-0.25, -0.2) is 0 Å². The molecule has 4 nitrogen and oxygen atoms in total. The number of hydrogen-bond donors (Lipinski definition) is 1. The van der Waals surface area contributed by atoms with E-state index in [0.29, 0.717) is 18.5 Å². The smallest absolute Gasteiger partial charge is 0.303 e. The standard InChI is InChI=1S/C19H19NO3/c1-13-6-5-9-16-15(10-11-17(21)22)12-20(18(13)16)19(23)14-7-3-2-4-8-14/h2-9,15H,10-12H2,1H3,(H,21,22). The minimum atomic E-state index is -0.799. The van der Waals surface area contributed by atoms with Crippen LogP contribution in [0.4, 0.5) is 5.69 Å². The number of aliphatic carboxylic acids is 1. The Morgan fingerprint density at radius 1 is 1.13 bits per heavy atom. The molecular formula is C19H19NO3. The van der Waals surface area contributed by atoms with E-state index in [1.807, 2.05) is 55.5 Å². The number of anilines is 1. The summed E-state index contributed by atoms with van der Waals surface area (Å²) >= 11 is 0. The Labute approximate surface area is 135 Å². The summed E-state index contributed by atoms with van der Waals surface area (Å²) < 4.78 is 0. The molecule has 0 aliphatic carbocycles. The molecule has 1 amide bonds. The molecule has 0 aromatic heterocycles. The maximum absolute atomic E-state index is 12.9. The normalized spacial score (nSPS) is 16.2. The van der Waals surface area contributed by atoms with E-state index in [9.17, 15) is 9.59 Å². The Kier molecular flexibility index (Phi) is 4.15. The van der Waals surface area contributed by atoms with Crippen molar-refractivity contribution in [3.8, 4) is 0 Å². The number of carbonyl (C=O) groups excluding carboxylic acids is 1. The topological polar surface area (TPSA) is 57.6 Å². The molecular weight excluding hydrogens is 290 g/mol. The molecule has 0 saturated carbocycles. The lowest BCUT2D eigenvalue weighted by Crippen LogP contribution is -2.30. The highest BCUT2D eigenvalue weighted by atomic mass is 16.4. The van der Waals surface area contributed by atoms with Gasteiger partial charge in [0.05, 0.1) is 5.69 Å². The summed E-state index contributed by atoms with van der Waals surface area (Å²) in [6.07, 6.45) is 0.662. The number of fused-ring (bicyclic) bond motifs is 1. The van der Waals surface area contributed by atoms with E-state index in [0.717, 1.165) is 16.8 Å². The van der Waals surface area contributed by atoms with Crippen LogP contribution in [-0.4, -0.2) is 23.5 Å². The number of para-hydroxylation sites is 1. The first-order chi connectivity index (χ1) is 11.1. The number of carboxylic acids is 1. The molecule has 0 fully saturated rings. The summed E-state index contributed by atoms with van der Waals surface area (Å²) in [5, 5.41) is 8.95. The van der Waals surface area contributed by atoms with Crippen molar-refractivity contribution in [2.24, 2.45) is 0 Å². The Bertz CT molecular complexity index is 740. The Morgan fingerprint density at radius 3 is 2.57 bits per heavy atom. The second-order valence-corrected chi connectivity index (χ2v) is 5.92. The van der Waals surface area contributed by atoms with Crippen LogP contribution in [-0.2, 0) is 4.79 Å². The fourth-order valence-electron chi connectivity index (χ4n) is 3.26. The highest BCUT2D eigenvalue weighted by molar-refractivity contribution is 6.08. The van der Waals surface area contributed by atoms with Crippen molar-refractivity contribution in [1.82, 2.24) is 0 Å². The molecule has 2 aromatic rings. The van der Waals surface area contributed by atoms with E-state index < -0.39 is 5.97 Å². The highest BCUT2D eigenvalue weighted by Gasteiger charge is 2.33. The molecule has 1 aliphatic heterocycles. The second kappa shape index (κ2) is 6.24. The zero-order valence-electron chi connectivity index (χ0n) is 13.0. The molecule has 1 atom stereocenters. The number of nitrogens with zero attached hydrogens (tertiary/aromatic N) is 1. The monoisotopic (exact) mass is 309 g/mol. The van der Waals surface area contributed by atoms with Gasteiger partial charge in [-0.15, -0.1) is 0 Å². The van der Waals surface area contributed by atoms with E-state index >= 15 is 0 Å². The van der Waals surface area contributed by atoms with Gasteiger partial charge in [0, 0.05) is 24.4 Å². The van der Waals surface area contributed by atoms with Crippen molar-refractivity contribution in [2.45, 2.75) is 25.7 Å². The van der Waals surface area contributed by atoms with Gasteiger partial charge in [0.25, 0.3) is 5.91 Å². The minimum absolute atomic E-state index is 0.0287. The quantitative estimate of drug-likeness (QED) is 0.938. The third-order valence-electron chi connectivity index (χ3n) is 4.35. The number of carbonyl (C=O) groups is 2. The van der Waals surface area contributed by atoms with E-state index in [-0.39, 0.29) is 18.2 Å². The zero-order valence-corrected chi connectivity index (χ0v) is 13.0. The van der Waals surface area contributed by atoms with Crippen molar-refractivity contribution in [2.75, 3.05) is 11.4 Å². The molecule has 1 heterocycles. The van der Waals surface area contributed by atoms with Gasteiger partial charge in [-0.1, -0.05) is 36.4 Å². The van der Waals surface area contributed by atoms with Gasteiger partial charge >= 0.3 is 5.97 Å². The van der Waals surface area contributed by atoms with Crippen LogP contribution in [0.15, 0.2) is 48.5 Å². The van der Waals surface area contributed by atoms with Crippen molar-refractivity contribution < 1.29 is 14.7 Å². The lowest BCUT2D eigenvalue weighted by molar-refractivity contribution is -0.137. The van der Waals surface area contributed by atoms with Crippen molar-refractivity contribution in [3.05, 3.63) is 65.2 Å². The van der Waals surface area contributed by atoms with Crippen LogP contribution in [0.2, 0.25) is 0 Å². The maximum Gasteiger partial charge on any atom is 0.303 e. The first kappa shape index (κ1) is 15.3. The number of rotatable bonds is 4. The Balaban J connectivity index is 1.94. The van der Waals surface area contributed by atoms with Gasteiger partial charge in [-0.3, -0.25) is 9.59 Å². The molecule has 0 bridgehead atoms. The number of carboxylic acid groups (broad SMARTS) is 1. The summed E-state index contributed by atoms with van der Waals surface area (Å²) in [6.45, 7) is 2.53. The van der Waals surface area contributed by atoms with E-state index in [1.165, 1.54) is 0 Å². The molecule has 2 aromatic carbocycles. The SMILES string of the molecule is Cc1cccc2c1N(C(=O)c1ccccc1)CC2CCC(=O)O. The first-order valence-electron chi connectivity index (χ1n) is 7.76. The molecule has 23 heavy (non-hydrogen) atoms. The summed E-state index contributed by atoms with van der Waals surface area (Å²) in [7, 11) is 0. The van der Waals surface area contributed by atoms with Gasteiger partial charge in [0.2, 0.25) is 0 Å². The highest BCUT2D eigenvalue weighted by Crippen LogP contribution is 2.41. The molecule has 0 radical (unpaired) electrons. The second-order valence-electron chi connectivity index (χ2n) is 5.92. The summed E-state index contributed by atoms with van der Waals surface area (Å²) in [6, 6.07) is 15.2. The van der Waals surface area contributed by atoms with Crippen LogP contribution in [0.5, 0.6) is 0 Å². The average molecular weight is 309 g/mol. The summed E-state index contributed by atoms with van der Waals surface area (Å²) in [5.74, 6) is -0.750. The van der Waals surface area contributed by atoms with Crippen LogP contribution in [0, 0.1) is 6.92 Å². The number of amides is 1. The number of hydrogen-bond acceptors (Lipinski definition) is 2. The lowest BCUT2D eigenvalue weighted by Gasteiger charge is -2.19. The zero-order chi connectivity index (χ0) is 16.4. The molecule has 0 saturated heterocycles. The van der Waals surface area contributed by atoms with Crippen LogP contribution in [0.25, 0.3) is 0 Å².